The second-order valence-electron chi connectivity index (χ2n) is 8.13. The fraction of sp³-hybridized carbons (Fsp3) is 0.789. The van der Waals surface area contributed by atoms with Crippen molar-refractivity contribution in [3.8, 4) is 0 Å². The van der Waals surface area contributed by atoms with Crippen LogP contribution < -0.4 is 0 Å². The number of aliphatic hydroxyl groups is 5. The number of hydrogen-bond acceptors (Lipinski definition) is 12. The van der Waals surface area contributed by atoms with Gasteiger partial charge in [0.2, 0.25) is 6.29 Å². The third-order valence-electron chi connectivity index (χ3n) is 6.02. The summed E-state index contributed by atoms with van der Waals surface area (Å²) in [5, 5.41) is 50.3. The van der Waals surface area contributed by atoms with E-state index in [9.17, 15) is 35.1 Å². The Bertz CT molecular complexity index is 723. The van der Waals surface area contributed by atoms with Crippen molar-refractivity contribution in [2.24, 2.45) is 11.8 Å². The number of hydrogen-bond donors (Lipinski definition) is 5. The predicted molar refractivity (Wildman–Crippen MR) is 97.6 cm³/mol. The average Bonchev–Trinajstić information content (AvgIpc) is 2.98. The molecule has 12 nitrogen and oxygen atoms in total. The smallest absolute Gasteiger partial charge is 0.337 e. The lowest BCUT2D eigenvalue weighted by molar-refractivity contribution is -0.346. The Kier molecular flexibility index (Phi) is 6.91. The predicted octanol–water partition coefficient (Wildman–Crippen LogP) is -2.47. The van der Waals surface area contributed by atoms with E-state index in [0.29, 0.717) is 0 Å². The van der Waals surface area contributed by atoms with Crippen LogP contribution in [0.3, 0.4) is 0 Å². The molecule has 2 heterocycles. The van der Waals surface area contributed by atoms with E-state index >= 15 is 0 Å². The van der Waals surface area contributed by atoms with Crippen LogP contribution in [0, 0.1) is 11.8 Å². The highest BCUT2D eigenvalue weighted by Crippen LogP contribution is 2.51. The number of esters is 2. The normalized spacial score (nSPS) is 44.6. The van der Waals surface area contributed by atoms with Crippen molar-refractivity contribution >= 4 is 11.9 Å². The zero-order chi connectivity index (χ0) is 23.1. The summed E-state index contributed by atoms with van der Waals surface area (Å²) in [7, 11) is 1.17. The first-order valence-corrected chi connectivity index (χ1v) is 9.81. The Morgan fingerprint density at radius 3 is 2.42 bits per heavy atom. The maximum absolute atomic E-state index is 12.2. The highest BCUT2D eigenvalue weighted by molar-refractivity contribution is 5.89. The van der Waals surface area contributed by atoms with E-state index in [1.54, 1.807) is 6.92 Å². The zero-order valence-electron chi connectivity index (χ0n) is 17.3. The summed E-state index contributed by atoms with van der Waals surface area (Å²) in [6.07, 6.45) is -9.07. The average molecular weight is 448 g/mol. The number of fused-ring (bicyclic) bond motifs is 1. The third kappa shape index (κ3) is 4.29. The van der Waals surface area contributed by atoms with Gasteiger partial charge in [0, 0.05) is 19.3 Å². The van der Waals surface area contributed by atoms with E-state index in [-0.39, 0.29) is 12.0 Å². The summed E-state index contributed by atoms with van der Waals surface area (Å²) in [4.78, 5) is 23.9. The van der Waals surface area contributed by atoms with Gasteiger partial charge in [-0.25, -0.2) is 4.79 Å². The Labute approximate surface area is 177 Å². The molecule has 0 radical (unpaired) electrons. The first kappa shape index (κ1) is 23.9. The number of carbonyl (C=O) groups is 2. The molecule has 12 heteroatoms. The molecule has 0 unspecified atom stereocenters. The molecule has 5 N–H and O–H groups in total. The molecule has 0 amide bonds. The van der Waals surface area contributed by atoms with Gasteiger partial charge in [-0.3, -0.25) is 4.79 Å². The van der Waals surface area contributed by atoms with Gasteiger partial charge >= 0.3 is 11.9 Å². The van der Waals surface area contributed by atoms with Crippen LogP contribution in [0.5, 0.6) is 0 Å². The van der Waals surface area contributed by atoms with Gasteiger partial charge in [-0.15, -0.1) is 0 Å². The largest absolute Gasteiger partial charge is 0.471 e. The fourth-order valence-electron chi connectivity index (χ4n) is 4.63. The molecular weight excluding hydrogens is 420 g/mol. The monoisotopic (exact) mass is 448 g/mol. The van der Waals surface area contributed by atoms with Crippen LogP contribution in [0.15, 0.2) is 11.8 Å². The van der Waals surface area contributed by atoms with Crippen LogP contribution in [0.2, 0.25) is 0 Å². The van der Waals surface area contributed by atoms with Crippen molar-refractivity contribution < 1.29 is 58.8 Å². The Balaban J connectivity index is 1.93. The standard InChI is InChI=1S/C19H28O12/c1-7(21)31-19(2)4-9(22)11-8(16(26)27-3)6-28-17(12(11)19)30-18-15(25)14(24)13(23)10(5-20)29-18/h6,9-15,17-18,20,22-25H,4-5H2,1-3H3/t9-,10+,11-,12-,13+,14-,15+,17-,18-,19-/m0/s1. The van der Waals surface area contributed by atoms with Crippen LogP contribution in [-0.2, 0) is 33.3 Å². The maximum Gasteiger partial charge on any atom is 0.337 e. The summed E-state index contributed by atoms with van der Waals surface area (Å²) in [5.74, 6) is -3.18. The minimum absolute atomic E-state index is 0.0181. The summed E-state index contributed by atoms with van der Waals surface area (Å²) in [5.41, 5.74) is -1.30. The molecule has 176 valence electrons. The minimum Gasteiger partial charge on any atom is -0.471 e. The molecule has 1 saturated heterocycles. The summed E-state index contributed by atoms with van der Waals surface area (Å²) >= 11 is 0. The van der Waals surface area contributed by atoms with Crippen LogP contribution in [0.25, 0.3) is 0 Å². The molecule has 0 aromatic heterocycles. The number of ether oxygens (including phenoxy) is 5. The number of aliphatic hydroxyl groups excluding tert-OH is 5. The SMILES string of the molecule is COC(=O)C1=CO[C@@H](O[C@@H]2O[C@H](CO)[C@@H](O)[C@H](O)[C@H]2O)[C@@H]2[C@@H]1[C@@H](O)C[C@]2(C)OC(C)=O. The lowest BCUT2D eigenvalue weighted by Gasteiger charge is -2.44. The lowest BCUT2D eigenvalue weighted by atomic mass is 9.80. The van der Waals surface area contributed by atoms with Gasteiger partial charge in [0.05, 0.1) is 37.6 Å². The molecule has 0 aromatic rings. The van der Waals surface area contributed by atoms with Crippen molar-refractivity contribution in [1.82, 2.24) is 0 Å². The van der Waals surface area contributed by atoms with Crippen LogP contribution in [0.4, 0.5) is 0 Å². The highest BCUT2D eigenvalue weighted by Gasteiger charge is 2.61. The molecule has 10 atom stereocenters. The Morgan fingerprint density at radius 1 is 1.16 bits per heavy atom. The highest BCUT2D eigenvalue weighted by atomic mass is 16.8. The van der Waals surface area contributed by atoms with E-state index in [0.717, 1.165) is 6.26 Å². The maximum atomic E-state index is 12.2. The zero-order valence-corrected chi connectivity index (χ0v) is 17.3. The van der Waals surface area contributed by atoms with Gasteiger partial charge in [0.15, 0.2) is 6.29 Å². The van der Waals surface area contributed by atoms with Gasteiger partial charge in [0.25, 0.3) is 0 Å². The van der Waals surface area contributed by atoms with Crippen molar-refractivity contribution in [2.75, 3.05) is 13.7 Å². The minimum atomic E-state index is -1.70. The van der Waals surface area contributed by atoms with E-state index in [1.165, 1.54) is 14.0 Å². The Morgan fingerprint density at radius 2 is 1.84 bits per heavy atom. The summed E-state index contributed by atoms with van der Waals surface area (Å²) in [6, 6.07) is 0. The molecule has 2 fully saturated rings. The van der Waals surface area contributed by atoms with Crippen molar-refractivity contribution in [3.05, 3.63) is 11.8 Å². The van der Waals surface area contributed by atoms with Crippen LogP contribution in [-0.4, -0.2) is 99.9 Å². The second-order valence-corrected chi connectivity index (χ2v) is 8.13. The van der Waals surface area contributed by atoms with Gasteiger partial charge in [-0.2, -0.15) is 0 Å². The topological polar surface area (TPSA) is 181 Å². The quantitative estimate of drug-likeness (QED) is 0.280. The van der Waals surface area contributed by atoms with Gasteiger partial charge in [-0.1, -0.05) is 0 Å². The molecule has 3 aliphatic rings. The van der Waals surface area contributed by atoms with Gasteiger partial charge in [-0.05, 0) is 6.92 Å². The van der Waals surface area contributed by atoms with E-state index < -0.39 is 79.1 Å². The molecule has 1 aliphatic carbocycles. The van der Waals surface area contributed by atoms with Crippen molar-refractivity contribution in [3.63, 3.8) is 0 Å². The van der Waals surface area contributed by atoms with Crippen LogP contribution in [0.1, 0.15) is 20.3 Å². The number of methoxy groups -OCH3 is 1. The molecule has 1 saturated carbocycles. The van der Waals surface area contributed by atoms with Crippen molar-refractivity contribution in [2.45, 2.75) is 69.0 Å². The van der Waals surface area contributed by atoms with E-state index in [1.807, 2.05) is 0 Å². The fourth-order valence-corrected chi connectivity index (χ4v) is 4.63. The second kappa shape index (κ2) is 8.98. The Hall–Kier alpha value is -1.80. The first-order valence-electron chi connectivity index (χ1n) is 9.81. The number of rotatable bonds is 5. The van der Waals surface area contributed by atoms with Gasteiger partial charge in [0.1, 0.15) is 30.0 Å². The molecule has 0 spiro atoms. The third-order valence-corrected chi connectivity index (χ3v) is 6.02. The molecular formula is C19H28O12. The van der Waals surface area contributed by atoms with E-state index in [4.69, 9.17) is 23.7 Å². The van der Waals surface area contributed by atoms with Gasteiger partial charge < -0.3 is 49.2 Å². The molecule has 0 aromatic carbocycles. The first-order chi connectivity index (χ1) is 14.5. The van der Waals surface area contributed by atoms with Crippen molar-refractivity contribution in [1.29, 1.82) is 0 Å². The summed E-state index contributed by atoms with van der Waals surface area (Å²) < 4.78 is 26.8. The lowest BCUT2D eigenvalue weighted by Crippen LogP contribution is -2.61. The molecule has 2 aliphatic heterocycles. The van der Waals surface area contributed by atoms with Crippen LogP contribution >= 0.6 is 0 Å². The molecule has 31 heavy (non-hydrogen) atoms. The molecule has 3 rings (SSSR count). The summed E-state index contributed by atoms with van der Waals surface area (Å²) in [6.45, 7) is 2.09. The molecule has 0 bridgehead atoms. The van der Waals surface area contributed by atoms with E-state index in [2.05, 4.69) is 0 Å². The number of carbonyl (C=O) groups excluding carboxylic acids is 2.